The Morgan fingerprint density at radius 3 is 2.92 bits per heavy atom. The zero-order chi connectivity index (χ0) is 9.84. The molecule has 0 aliphatic carbocycles. The molecule has 0 amide bonds. The predicted molar refractivity (Wildman–Crippen MR) is 54.6 cm³/mol. The van der Waals surface area contributed by atoms with Crippen molar-refractivity contribution in [1.29, 1.82) is 0 Å². The highest BCUT2D eigenvalue weighted by Crippen LogP contribution is 2.14. The van der Waals surface area contributed by atoms with Crippen LogP contribution in [0.2, 0.25) is 0 Å². The van der Waals surface area contributed by atoms with Crippen molar-refractivity contribution in [2.45, 2.75) is 6.54 Å². The number of hydrogen-bond donors (Lipinski definition) is 0. The highest BCUT2D eigenvalue weighted by molar-refractivity contribution is 7.13. The molecule has 13 heavy (non-hydrogen) atoms. The van der Waals surface area contributed by atoms with Crippen LogP contribution in [0.15, 0.2) is 6.20 Å². The quantitative estimate of drug-likeness (QED) is 0.569. The monoisotopic (exact) mass is 218 g/mol. The average molecular weight is 219 g/mol. The smallest absolute Gasteiger partial charge is 0.206 e. The molecule has 0 aliphatic heterocycles. The van der Waals surface area contributed by atoms with E-state index in [1.807, 2.05) is 19.0 Å². The van der Waals surface area contributed by atoms with Gasteiger partial charge in [0.15, 0.2) is 5.01 Å². The maximum absolute atomic E-state index is 11.1. The summed E-state index contributed by atoms with van der Waals surface area (Å²) in [4.78, 5) is 18.2. The number of rotatable bonds is 4. The molecule has 1 rings (SSSR count). The van der Waals surface area contributed by atoms with E-state index in [0.29, 0.717) is 5.01 Å². The van der Waals surface area contributed by atoms with Gasteiger partial charge in [-0.3, -0.25) is 4.79 Å². The predicted octanol–water partition coefficient (Wildman–Crippen LogP) is 1.63. The maximum Gasteiger partial charge on any atom is 0.206 e. The Balaban J connectivity index is 2.69. The topological polar surface area (TPSA) is 33.2 Å². The fourth-order valence-electron chi connectivity index (χ4n) is 0.878. The lowest BCUT2D eigenvalue weighted by molar-refractivity contribution is 0.102. The number of hydrogen-bond acceptors (Lipinski definition) is 4. The van der Waals surface area contributed by atoms with E-state index >= 15 is 0 Å². The molecule has 0 aromatic carbocycles. The lowest BCUT2D eigenvalue weighted by Gasteiger charge is -2.05. The molecule has 0 spiro atoms. The summed E-state index contributed by atoms with van der Waals surface area (Å²) in [6.07, 6.45) is 1.73. The van der Waals surface area contributed by atoms with Crippen LogP contribution in [-0.4, -0.2) is 35.6 Å². The molecule has 0 radical (unpaired) electrons. The molecule has 0 aliphatic rings. The minimum Gasteiger partial charge on any atom is -0.304 e. The zero-order valence-electron chi connectivity index (χ0n) is 7.58. The standard InChI is InChI=1S/C8H11ClN2OS/c1-11(2)5-6-4-10-8(13-6)7(12)3-9/h4H,3,5H2,1-2H3. The van der Waals surface area contributed by atoms with Crippen LogP contribution in [0.5, 0.6) is 0 Å². The Kier molecular flexibility index (Phi) is 3.84. The second-order valence-electron chi connectivity index (χ2n) is 2.93. The third-order valence-corrected chi connectivity index (χ3v) is 2.65. The van der Waals surface area contributed by atoms with Crippen molar-refractivity contribution in [2.75, 3.05) is 20.0 Å². The van der Waals surface area contributed by atoms with Gasteiger partial charge in [-0.2, -0.15) is 0 Å². The van der Waals surface area contributed by atoms with Crippen molar-refractivity contribution in [2.24, 2.45) is 0 Å². The summed E-state index contributed by atoms with van der Waals surface area (Å²) in [5.74, 6) is -0.0915. The van der Waals surface area contributed by atoms with Crippen LogP contribution in [0.25, 0.3) is 0 Å². The number of nitrogens with zero attached hydrogens (tertiary/aromatic N) is 2. The van der Waals surface area contributed by atoms with Gasteiger partial charge in [-0.25, -0.2) is 4.98 Å². The Morgan fingerprint density at radius 1 is 1.69 bits per heavy atom. The molecule has 0 unspecified atom stereocenters. The number of halogens is 1. The van der Waals surface area contributed by atoms with Gasteiger partial charge in [-0.05, 0) is 14.1 Å². The first-order chi connectivity index (χ1) is 6.13. The summed E-state index contributed by atoms with van der Waals surface area (Å²) in [5, 5.41) is 0.506. The second kappa shape index (κ2) is 4.69. The molecule has 0 bridgehead atoms. The summed E-state index contributed by atoms with van der Waals surface area (Å²) in [7, 11) is 3.95. The van der Waals surface area contributed by atoms with E-state index in [-0.39, 0.29) is 11.7 Å². The first kappa shape index (κ1) is 10.6. The Bertz CT molecular complexity index is 298. The van der Waals surface area contributed by atoms with Crippen LogP contribution >= 0.6 is 22.9 Å². The van der Waals surface area contributed by atoms with Crippen molar-refractivity contribution >= 4 is 28.7 Å². The molecule has 1 aromatic heterocycles. The average Bonchev–Trinajstić information content (AvgIpc) is 2.50. The summed E-state index contributed by atoms with van der Waals surface area (Å²) >= 11 is 6.82. The van der Waals surface area contributed by atoms with Gasteiger partial charge in [0.1, 0.15) is 0 Å². The second-order valence-corrected chi connectivity index (χ2v) is 4.31. The lowest BCUT2D eigenvalue weighted by Crippen LogP contribution is -2.09. The first-order valence-corrected chi connectivity index (χ1v) is 5.17. The highest BCUT2D eigenvalue weighted by atomic mass is 35.5. The van der Waals surface area contributed by atoms with Gasteiger partial charge < -0.3 is 4.90 Å². The molecule has 0 saturated heterocycles. The maximum atomic E-state index is 11.1. The lowest BCUT2D eigenvalue weighted by atomic mass is 10.5. The molecule has 0 atom stereocenters. The molecule has 0 N–H and O–H groups in total. The molecule has 1 heterocycles. The van der Waals surface area contributed by atoms with Crippen molar-refractivity contribution in [3.05, 3.63) is 16.1 Å². The van der Waals surface area contributed by atoms with Crippen LogP contribution in [0.1, 0.15) is 14.7 Å². The van der Waals surface area contributed by atoms with E-state index in [2.05, 4.69) is 4.98 Å². The number of aromatic nitrogens is 1. The highest BCUT2D eigenvalue weighted by Gasteiger charge is 2.09. The molecule has 1 aromatic rings. The molecule has 0 saturated carbocycles. The van der Waals surface area contributed by atoms with E-state index in [1.54, 1.807) is 6.20 Å². The van der Waals surface area contributed by atoms with Gasteiger partial charge in [-0.1, -0.05) is 0 Å². The van der Waals surface area contributed by atoms with Crippen LogP contribution in [0, 0.1) is 0 Å². The zero-order valence-corrected chi connectivity index (χ0v) is 9.15. The first-order valence-electron chi connectivity index (χ1n) is 3.82. The largest absolute Gasteiger partial charge is 0.304 e. The Morgan fingerprint density at radius 2 is 2.38 bits per heavy atom. The van der Waals surface area contributed by atoms with E-state index in [4.69, 9.17) is 11.6 Å². The normalized spacial score (nSPS) is 10.8. The number of alkyl halides is 1. The van der Waals surface area contributed by atoms with E-state index < -0.39 is 0 Å². The molecule has 3 nitrogen and oxygen atoms in total. The Hall–Kier alpha value is -0.450. The fraction of sp³-hybridized carbons (Fsp3) is 0.500. The van der Waals surface area contributed by atoms with E-state index in [1.165, 1.54) is 11.3 Å². The van der Waals surface area contributed by atoms with E-state index in [0.717, 1.165) is 11.4 Å². The van der Waals surface area contributed by atoms with Crippen molar-refractivity contribution in [3.63, 3.8) is 0 Å². The van der Waals surface area contributed by atoms with E-state index in [9.17, 15) is 4.79 Å². The van der Waals surface area contributed by atoms with Crippen LogP contribution < -0.4 is 0 Å². The molecule has 5 heteroatoms. The van der Waals surface area contributed by atoms with Crippen LogP contribution in [-0.2, 0) is 6.54 Å². The summed E-state index contributed by atoms with van der Waals surface area (Å²) in [5.41, 5.74) is 0. The molecular formula is C8H11ClN2OS. The number of carbonyl (C=O) groups is 1. The third kappa shape index (κ3) is 3.06. The summed E-state index contributed by atoms with van der Waals surface area (Å²) < 4.78 is 0. The molecule has 72 valence electrons. The molecular weight excluding hydrogens is 208 g/mol. The Labute approximate surface area is 86.3 Å². The van der Waals surface area contributed by atoms with Gasteiger partial charge >= 0.3 is 0 Å². The summed E-state index contributed by atoms with van der Waals surface area (Å²) in [6, 6.07) is 0. The van der Waals surface area contributed by atoms with Crippen molar-refractivity contribution < 1.29 is 4.79 Å². The molecule has 0 fully saturated rings. The van der Waals surface area contributed by atoms with Gasteiger partial charge in [-0.15, -0.1) is 22.9 Å². The third-order valence-electron chi connectivity index (χ3n) is 1.39. The summed E-state index contributed by atoms with van der Waals surface area (Å²) in [6.45, 7) is 0.813. The van der Waals surface area contributed by atoms with Crippen LogP contribution in [0.3, 0.4) is 0 Å². The van der Waals surface area contributed by atoms with Crippen LogP contribution in [0.4, 0.5) is 0 Å². The fourth-order valence-corrected chi connectivity index (χ4v) is 2.05. The van der Waals surface area contributed by atoms with Crippen molar-refractivity contribution in [3.8, 4) is 0 Å². The SMILES string of the molecule is CN(C)Cc1cnc(C(=O)CCl)s1. The minimum atomic E-state index is -0.100. The van der Waals surface area contributed by atoms with Gasteiger partial charge in [0.05, 0.1) is 5.88 Å². The minimum absolute atomic E-state index is 0.00885. The van der Waals surface area contributed by atoms with Crippen molar-refractivity contribution in [1.82, 2.24) is 9.88 Å². The number of carbonyl (C=O) groups excluding carboxylic acids is 1. The van der Waals surface area contributed by atoms with Gasteiger partial charge in [0.2, 0.25) is 5.78 Å². The number of ketones is 1. The van der Waals surface area contributed by atoms with Gasteiger partial charge in [0, 0.05) is 17.6 Å². The number of thiazole rings is 1. The van der Waals surface area contributed by atoms with Gasteiger partial charge in [0.25, 0.3) is 0 Å². The number of Topliss-reactive ketones (excluding diaryl/α,β-unsaturated/α-hetero) is 1.